The molecule has 0 aliphatic heterocycles. The standard InChI is InChI=1S/C23H26N4O5.C19H21N5O3/c1-5-30-19(28)13-15-18(10-12-26-21(15)24)31-17-9-8-16(20-14(17)7-6-11-25-20)27-22(29)32-23(2,3)4;1-19(2,3)27-18(25)24-12-6-7-13(11-5-4-9-22-16(11)12)26-14-8-10-23-17(21)15(14)20/h6-12H,5,13H2,1-4H3,(H2,24,26)(H,27,29);4-10H,20H2,1-3H3,(H2,21,23)(H,24,25). The summed E-state index contributed by atoms with van der Waals surface area (Å²) in [4.78, 5) is 53.0. The zero-order valence-electron chi connectivity index (χ0n) is 33.8. The number of hydrogen-bond acceptors (Lipinski definition) is 15. The van der Waals surface area contributed by atoms with Crippen molar-refractivity contribution in [2.75, 3.05) is 34.4 Å². The Bertz CT molecular complexity index is 2480. The highest BCUT2D eigenvalue weighted by Gasteiger charge is 2.21. The molecule has 4 heterocycles. The normalized spacial score (nSPS) is 11.2. The van der Waals surface area contributed by atoms with Gasteiger partial charge in [-0.3, -0.25) is 25.4 Å². The van der Waals surface area contributed by atoms with Crippen molar-refractivity contribution in [2.24, 2.45) is 0 Å². The number of aromatic nitrogens is 4. The average molecular weight is 806 g/mol. The number of nitrogens with two attached hydrogens (primary N) is 3. The van der Waals surface area contributed by atoms with Gasteiger partial charge in [0, 0.05) is 47.2 Å². The summed E-state index contributed by atoms with van der Waals surface area (Å²) in [6.07, 6.45) is 5.04. The number of rotatable bonds is 9. The molecule has 17 heteroatoms. The van der Waals surface area contributed by atoms with Crippen LogP contribution in [0.3, 0.4) is 0 Å². The van der Waals surface area contributed by atoms with Gasteiger partial charge in [-0.2, -0.15) is 0 Å². The largest absolute Gasteiger partial charge is 0.466 e. The van der Waals surface area contributed by atoms with Crippen molar-refractivity contribution < 1.29 is 38.1 Å². The minimum atomic E-state index is -0.632. The molecule has 0 atom stereocenters. The second kappa shape index (κ2) is 18.2. The third-order valence-electron chi connectivity index (χ3n) is 7.82. The fourth-order valence-corrected chi connectivity index (χ4v) is 5.42. The SMILES string of the molecule is CC(C)(C)OC(=O)Nc1ccc(Oc2ccnc(N)c2N)c2cccnc12.CCOC(=O)Cc1c(Oc2ccc(NC(=O)OC(C)(C)C)c3ncccc23)ccnc1N. The maximum atomic E-state index is 12.2. The number of fused-ring (bicyclic) bond motifs is 2. The zero-order chi connectivity index (χ0) is 42.9. The van der Waals surface area contributed by atoms with E-state index in [9.17, 15) is 14.4 Å². The number of nitrogens with zero attached hydrogens (tertiary/aromatic N) is 4. The van der Waals surface area contributed by atoms with Gasteiger partial charge in [0.2, 0.25) is 0 Å². The molecule has 59 heavy (non-hydrogen) atoms. The number of esters is 1. The van der Waals surface area contributed by atoms with Crippen LogP contribution in [0, 0.1) is 0 Å². The monoisotopic (exact) mass is 805 g/mol. The molecular weight excluding hydrogens is 759 g/mol. The van der Waals surface area contributed by atoms with Crippen molar-refractivity contribution in [3.8, 4) is 23.0 Å². The van der Waals surface area contributed by atoms with E-state index >= 15 is 0 Å². The molecule has 308 valence electrons. The van der Waals surface area contributed by atoms with E-state index in [-0.39, 0.29) is 30.4 Å². The van der Waals surface area contributed by atoms with Crippen LogP contribution < -0.4 is 37.3 Å². The van der Waals surface area contributed by atoms with Gasteiger partial charge in [0.25, 0.3) is 0 Å². The van der Waals surface area contributed by atoms with Crippen LogP contribution in [0.15, 0.2) is 85.5 Å². The van der Waals surface area contributed by atoms with Gasteiger partial charge in [-0.25, -0.2) is 19.6 Å². The number of pyridine rings is 4. The molecule has 0 aliphatic carbocycles. The number of carbonyl (C=O) groups is 3. The molecule has 6 aromatic rings. The van der Waals surface area contributed by atoms with Crippen LogP contribution in [0.1, 0.15) is 54.0 Å². The predicted molar refractivity (Wildman–Crippen MR) is 225 cm³/mol. The molecule has 0 radical (unpaired) electrons. The topological polar surface area (TPSA) is 251 Å². The fraction of sp³-hybridized carbons (Fsp3) is 0.262. The van der Waals surface area contributed by atoms with Crippen molar-refractivity contribution in [1.29, 1.82) is 0 Å². The third kappa shape index (κ3) is 11.6. The lowest BCUT2D eigenvalue weighted by atomic mass is 10.1. The number of ether oxygens (including phenoxy) is 5. The van der Waals surface area contributed by atoms with E-state index in [0.29, 0.717) is 61.7 Å². The first-order valence-corrected chi connectivity index (χ1v) is 18.4. The molecule has 2 amide bonds. The Morgan fingerprint density at radius 1 is 0.593 bits per heavy atom. The van der Waals surface area contributed by atoms with E-state index in [1.807, 2.05) is 12.1 Å². The number of nitrogen functional groups attached to an aromatic ring is 3. The van der Waals surface area contributed by atoms with Crippen LogP contribution in [-0.4, -0.2) is 55.9 Å². The van der Waals surface area contributed by atoms with Crippen LogP contribution in [0.25, 0.3) is 21.8 Å². The minimum absolute atomic E-state index is 0.0721. The average Bonchev–Trinajstić information content (AvgIpc) is 3.15. The van der Waals surface area contributed by atoms with Crippen LogP contribution in [0.5, 0.6) is 23.0 Å². The Balaban J connectivity index is 0.000000227. The highest BCUT2D eigenvalue weighted by atomic mass is 16.6. The molecule has 0 aliphatic rings. The number of amides is 2. The highest BCUT2D eigenvalue weighted by molar-refractivity contribution is 6.01. The fourth-order valence-electron chi connectivity index (χ4n) is 5.42. The van der Waals surface area contributed by atoms with Crippen molar-refractivity contribution in [2.45, 2.75) is 66.1 Å². The summed E-state index contributed by atoms with van der Waals surface area (Å²) in [6, 6.07) is 17.2. The van der Waals surface area contributed by atoms with E-state index < -0.39 is 29.4 Å². The van der Waals surface area contributed by atoms with Crippen molar-refractivity contribution >= 4 is 68.7 Å². The van der Waals surface area contributed by atoms with Crippen LogP contribution >= 0.6 is 0 Å². The van der Waals surface area contributed by atoms with E-state index in [4.69, 9.17) is 40.9 Å². The van der Waals surface area contributed by atoms with Crippen LogP contribution in [0.4, 0.5) is 38.3 Å². The summed E-state index contributed by atoms with van der Waals surface area (Å²) in [7, 11) is 0. The van der Waals surface area contributed by atoms with Crippen molar-refractivity contribution in [1.82, 2.24) is 19.9 Å². The van der Waals surface area contributed by atoms with E-state index in [1.165, 1.54) is 12.4 Å². The Hall–Kier alpha value is -7.43. The summed E-state index contributed by atoms with van der Waals surface area (Å²) >= 11 is 0. The molecule has 0 fully saturated rings. The van der Waals surface area contributed by atoms with Gasteiger partial charge < -0.3 is 40.9 Å². The summed E-state index contributed by atoms with van der Waals surface area (Å²) in [5.41, 5.74) is 19.2. The lowest BCUT2D eigenvalue weighted by Crippen LogP contribution is -2.27. The Labute approximate surface area is 340 Å². The van der Waals surface area contributed by atoms with Crippen molar-refractivity contribution in [3.05, 3.63) is 91.0 Å². The predicted octanol–water partition coefficient (Wildman–Crippen LogP) is 8.39. The molecular formula is C42H47N9O8. The first-order chi connectivity index (χ1) is 27.9. The summed E-state index contributed by atoms with van der Waals surface area (Å²) < 4.78 is 27.7. The lowest BCUT2D eigenvalue weighted by molar-refractivity contribution is -0.142. The van der Waals surface area contributed by atoms with Crippen LogP contribution in [-0.2, 0) is 25.4 Å². The molecule has 0 spiro atoms. The lowest BCUT2D eigenvalue weighted by Gasteiger charge is -2.20. The van der Waals surface area contributed by atoms with Gasteiger partial charge in [0.15, 0.2) is 5.75 Å². The number of hydrogen-bond donors (Lipinski definition) is 5. The second-order valence-corrected chi connectivity index (χ2v) is 14.7. The van der Waals surface area contributed by atoms with Gasteiger partial charge in [-0.1, -0.05) is 0 Å². The number of anilines is 5. The molecule has 4 aromatic heterocycles. The maximum absolute atomic E-state index is 12.2. The van der Waals surface area contributed by atoms with E-state index in [2.05, 4.69) is 30.6 Å². The molecule has 2 aromatic carbocycles. The molecule has 0 saturated heterocycles. The van der Waals surface area contributed by atoms with Gasteiger partial charge in [0.1, 0.15) is 45.8 Å². The van der Waals surface area contributed by atoms with Crippen molar-refractivity contribution in [3.63, 3.8) is 0 Å². The molecule has 0 bridgehead atoms. The quantitative estimate of drug-likeness (QED) is 0.0679. The summed E-state index contributed by atoms with van der Waals surface area (Å²) in [5, 5.41) is 6.79. The van der Waals surface area contributed by atoms with Gasteiger partial charge in [0.05, 0.1) is 35.4 Å². The summed E-state index contributed by atoms with van der Waals surface area (Å²) in [6.45, 7) is 12.7. The summed E-state index contributed by atoms with van der Waals surface area (Å²) in [5.74, 6) is 1.70. The van der Waals surface area contributed by atoms with Crippen LogP contribution in [0.2, 0.25) is 0 Å². The van der Waals surface area contributed by atoms with Gasteiger partial charge in [-0.15, -0.1) is 0 Å². The van der Waals surface area contributed by atoms with E-state index in [1.54, 1.807) is 109 Å². The smallest absolute Gasteiger partial charge is 0.412 e. The molecule has 6 rings (SSSR count). The highest BCUT2D eigenvalue weighted by Crippen LogP contribution is 2.37. The number of nitrogens with one attached hydrogen (secondary N) is 2. The van der Waals surface area contributed by atoms with Gasteiger partial charge in [-0.05, 0) is 103 Å². The first kappa shape index (κ1) is 42.7. The molecule has 0 unspecified atom stereocenters. The third-order valence-corrected chi connectivity index (χ3v) is 7.82. The number of carbonyl (C=O) groups excluding carboxylic acids is 3. The Morgan fingerprint density at radius 3 is 1.56 bits per heavy atom. The first-order valence-electron chi connectivity index (χ1n) is 18.4. The minimum Gasteiger partial charge on any atom is -0.466 e. The molecule has 0 saturated carbocycles. The Kier molecular flexibility index (Phi) is 13.2. The number of benzene rings is 2. The Morgan fingerprint density at radius 2 is 1.07 bits per heavy atom. The second-order valence-electron chi connectivity index (χ2n) is 14.7. The van der Waals surface area contributed by atoms with Gasteiger partial charge >= 0.3 is 18.2 Å². The maximum Gasteiger partial charge on any atom is 0.412 e. The molecule has 17 nitrogen and oxygen atoms in total. The zero-order valence-corrected chi connectivity index (χ0v) is 33.8. The van der Waals surface area contributed by atoms with E-state index in [0.717, 1.165) is 0 Å². The molecule has 8 N–H and O–H groups in total.